The minimum absolute atomic E-state index is 0.0829. The summed E-state index contributed by atoms with van der Waals surface area (Å²) in [7, 11) is 0. The number of esters is 5. The van der Waals surface area contributed by atoms with Gasteiger partial charge in [-0.15, -0.1) is 0 Å². The molecule has 0 aromatic rings. The van der Waals surface area contributed by atoms with Crippen molar-refractivity contribution in [1.82, 2.24) is 0 Å². The van der Waals surface area contributed by atoms with E-state index in [4.69, 9.17) is 33.2 Å². The van der Waals surface area contributed by atoms with E-state index in [-0.39, 0.29) is 91.4 Å². The lowest BCUT2D eigenvalue weighted by Crippen LogP contribution is -2.47. The standard InChI is InChI=1S/C30H50O13/c1-6-11-25(33)40-19-29(17-38-23-31,18-39-24(32)10-5)15-37-16-30(20-41-26(34)12-7-2,21-42-27(35)13-8-3)22-43-28(36)14-9-4/h23H,6-22H2,1-5H3. The van der Waals surface area contributed by atoms with Crippen molar-refractivity contribution in [3.8, 4) is 0 Å². The highest BCUT2D eigenvalue weighted by atomic mass is 16.6. The fourth-order valence-electron chi connectivity index (χ4n) is 3.57. The quantitative estimate of drug-likeness (QED) is 0.0786. The van der Waals surface area contributed by atoms with E-state index in [9.17, 15) is 28.8 Å². The molecule has 13 heteroatoms. The Labute approximate surface area is 254 Å². The molecular formula is C30H50O13. The van der Waals surface area contributed by atoms with Crippen LogP contribution in [-0.2, 0) is 61.9 Å². The highest BCUT2D eigenvalue weighted by Crippen LogP contribution is 2.26. The monoisotopic (exact) mass is 618 g/mol. The topological polar surface area (TPSA) is 167 Å². The van der Waals surface area contributed by atoms with E-state index in [0.29, 0.717) is 25.7 Å². The van der Waals surface area contributed by atoms with Crippen LogP contribution >= 0.6 is 0 Å². The van der Waals surface area contributed by atoms with Crippen LogP contribution in [0.15, 0.2) is 0 Å². The van der Waals surface area contributed by atoms with E-state index in [2.05, 4.69) is 0 Å². The maximum absolute atomic E-state index is 12.3. The molecule has 0 spiro atoms. The van der Waals surface area contributed by atoms with Gasteiger partial charge in [-0.1, -0.05) is 34.6 Å². The molecule has 0 saturated carbocycles. The largest absolute Gasteiger partial charge is 0.467 e. The molecule has 13 nitrogen and oxygen atoms in total. The molecule has 1 unspecified atom stereocenters. The van der Waals surface area contributed by atoms with Gasteiger partial charge in [-0.3, -0.25) is 28.8 Å². The minimum Gasteiger partial charge on any atom is -0.467 e. The zero-order chi connectivity index (χ0) is 32.6. The number of hydrogen-bond donors (Lipinski definition) is 0. The first-order valence-corrected chi connectivity index (χ1v) is 15.0. The lowest BCUT2D eigenvalue weighted by molar-refractivity contribution is -0.173. The third-order valence-corrected chi connectivity index (χ3v) is 6.08. The molecule has 248 valence electrons. The Morgan fingerprint density at radius 3 is 1.05 bits per heavy atom. The molecule has 0 amide bonds. The van der Waals surface area contributed by atoms with E-state index >= 15 is 0 Å². The molecule has 1 atom stereocenters. The Morgan fingerprint density at radius 1 is 0.465 bits per heavy atom. The Morgan fingerprint density at radius 2 is 0.767 bits per heavy atom. The van der Waals surface area contributed by atoms with Gasteiger partial charge >= 0.3 is 29.8 Å². The van der Waals surface area contributed by atoms with Crippen LogP contribution in [0.3, 0.4) is 0 Å². The summed E-state index contributed by atoms with van der Waals surface area (Å²) in [6.45, 7) is 6.77. The number of hydrogen-bond acceptors (Lipinski definition) is 13. The fraction of sp³-hybridized carbons (Fsp3) is 0.800. The molecular weight excluding hydrogens is 568 g/mol. The Balaban J connectivity index is 6.21. The molecule has 0 heterocycles. The van der Waals surface area contributed by atoms with Crippen LogP contribution in [0, 0.1) is 10.8 Å². The first kappa shape index (κ1) is 39.8. The molecule has 0 rings (SSSR count). The normalized spacial score (nSPS) is 12.4. The minimum atomic E-state index is -1.30. The average molecular weight is 619 g/mol. The third-order valence-electron chi connectivity index (χ3n) is 6.08. The Kier molecular flexibility index (Phi) is 21.5. The van der Waals surface area contributed by atoms with Gasteiger partial charge < -0.3 is 33.2 Å². The summed E-state index contributed by atoms with van der Waals surface area (Å²) in [6.07, 6.45) is 2.88. The summed E-state index contributed by atoms with van der Waals surface area (Å²) in [4.78, 5) is 72.1. The van der Waals surface area contributed by atoms with E-state index < -0.39 is 40.7 Å². The number of rotatable bonds is 26. The SMILES string of the molecule is CCCC(=O)OCC(COC=O)(COCC(COC(=O)CCC)(COC(=O)CCC)COC(=O)CCC)COC(=O)CC. The summed E-state index contributed by atoms with van der Waals surface area (Å²) < 4.78 is 38.2. The highest BCUT2D eigenvalue weighted by Gasteiger charge is 2.40. The third kappa shape index (κ3) is 18.1. The number of ether oxygens (including phenoxy) is 7. The van der Waals surface area contributed by atoms with Gasteiger partial charge in [0.05, 0.1) is 24.0 Å². The van der Waals surface area contributed by atoms with Crippen LogP contribution in [0.2, 0.25) is 0 Å². The number of carbonyl (C=O) groups excluding carboxylic acids is 6. The van der Waals surface area contributed by atoms with Gasteiger partial charge in [-0.05, 0) is 25.7 Å². The average Bonchev–Trinajstić information content (AvgIpc) is 2.98. The second-order valence-electron chi connectivity index (χ2n) is 10.6. The molecule has 0 fully saturated rings. The first-order valence-electron chi connectivity index (χ1n) is 15.0. The molecule has 0 radical (unpaired) electrons. The second kappa shape index (κ2) is 23.3. The Bertz CT molecular complexity index is 802. The Hall–Kier alpha value is -3.22. The van der Waals surface area contributed by atoms with Crippen LogP contribution in [0.4, 0.5) is 0 Å². The predicted octanol–water partition coefficient (Wildman–Crippen LogP) is 3.48. The summed E-state index contributed by atoms with van der Waals surface area (Å²) in [5.74, 6) is -2.50. The van der Waals surface area contributed by atoms with Crippen molar-refractivity contribution in [2.75, 3.05) is 52.9 Å². The zero-order valence-electron chi connectivity index (χ0n) is 26.4. The van der Waals surface area contributed by atoms with Crippen molar-refractivity contribution >= 4 is 36.3 Å². The molecule has 43 heavy (non-hydrogen) atoms. The number of carbonyl (C=O) groups is 6. The van der Waals surface area contributed by atoms with Crippen LogP contribution < -0.4 is 0 Å². The lowest BCUT2D eigenvalue weighted by atomic mass is 9.90. The van der Waals surface area contributed by atoms with E-state index in [1.54, 1.807) is 6.92 Å². The van der Waals surface area contributed by atoms with Gasteiger partial charge in [0.1, 0.15) is 39.6 Å². The zero-order valence-corrected chi connectivity index (χ0v) is 26.4. The van der Waals surface area contributed by atoms with Gasteiger partial charge in [0.25, 0.3) is 6.47 Å². The second-order valence-corrected chi connectivity index (χ2v) is 10.6. The van der Waals surface area contributed by atoms with E-state index in [1.165, 1.54) is 0 Å². The van der Waals surface area contributed by atoms with Crippen molar-refractivity contribution in [1.29, 1.82) is 0 Å². The van der Waals surface area contributed by atoms with Gasteiger partial charge in [0.15, 0.2) is 0 Å². The molecule has 0 aliphatic carbocycles. The van der Waals surface area contributed by atoms with Crippen molar-refractivity contribution in [2.24, 2.45) is 10.8 Å². The maximum Gasteiger partial charge on any atom is 0.305 e. The smallest absolute Gasteiger partial charge is 0.305 e. The summed E-state index contributed by atoms with van der Waals surface area (Å²) in [6, 6.07) is 0. The molecule has 0 bridgehead atoms. The fourth-order valence-corrected chi connectivity index (χ4v) is 3.57. The van der Waals surface area contributed by atoms with E-state index in [0.717, 1.165) is 0 Å². The molecule has 0 saturated heterocycles. The van der Waals surface area contributed by atoms with Crippen molar-refractivity contribution < 1.29 is 61.9 Å². The van der Waals surface area contributed by atoms with Crippen LogP contribution in [0.5, 0.6) is 0 Å². The molecule has 0 aromatic heterocycles. The van der Waals surface area contributed by atoms with Crippen LogP contribution in [0.1, 0.15) is 92.4 Å². The molecule has 0 aromatic carbocycles. The first-order chi connectivity index (χ1) is 20.5. The predicted molar refractivity (Wildman–Crippen MR) is 152 cm³/mol. The van der Waals surface area contributed by atoms with Crippen molar-refractivity contribution in [2.45, 2.75) is 92.4 Å². The van der Waals surface area contributed by atoms with Crippen molar-refractivity contribution in [3.05, 3.63) is 0 Å². The summed E-state index contributed by atoms with van der Waals surface area (Å²) in [5.41, 5.74) is -2.59. The molecule has 0 N–H and O–H groups in total. The van der Waals surface area contributed by atoms with Gasteiger partial charge in [0.2, 0.25) is 0 Å². The summed E-state index contributed by atoms with van der Waals surface area (Å²) >= 11 is 0. The van der Waals surface area contributed by atoms with E-state index in [1.807, 2.05) is 27.7 Å². The van der Waals surface area contributed by atoms with Gasteiger partial charge in [0, 0.05) is 32.1 Å². The van der Waals surface area contributed by atoms with Gasteiger partial charge in [-0.2, -0.15) is 0 Å². The van der Waals surface area contributed by atoms with Crippen LogP contribution in [-0.4, -0.2) is 89.2 Å². The lowest BCUT2D eigenvalue weighted by Gasteiger charge is -2.35. The molecule has 0 aliphatic rings. The maximum atomic E-state index is 12.3. The van der Waals surface area contributed by atoms with Gasteiger partial charge in [-0.25, -0.2) is 0 Å². The van der Waals surface area contributed by atoms with Crippen LogP contribution in [0.25, 0.3) is 0 Å². The van der Waals surface area contributed by atoms with Crippen molar-refractivity contribution in [3.63, 3.8) is 0 Å². The summed E-state index contributed by atoms with van der Waals surface area (Å²) in [5, 5.41) is 0. The highest BCUT2D eigenvalue weighted by molar-refractivity contribution is 5.71. The molecule has 0 aliphatic heterocycles.